The Bertz CT molecular complexity index is 589. The number of anilines is 1. The van der Waals surface area contributed by atoms with E-state index in [1.165, 1.54) is 7.11 Å². The Kier molecular flexibility index (Phi) is 5.05. The number of urea groups is 1. The van der Waals surface area contributed by atoms with Crippen molar-refractivity contribution in [1.29, 1.82) is 0 Å². The van der Waals surface area contributed by atoms with Crippen LogP contribution in [-0.2, 0) is 10.8 Å². The zero-order valence-electron chi connectivity index (χ0n) is 13.5. The third-order valence-electron chi connectivity index (χ3n) is 3.86. The number of hydrogen-bond acceptors (Lipinski definition) is 4. The first-order valence-electron chi connectivity index (χ1n) is 7.28. The smallest absolute Gasteiger partial charge is 0.322 e. The molecular formula is C15H23N3O3S. The number of nitrogens with zero attached hydrogens (tertiary/aromatic N) is 2. The van der Waals surface area contributed by atoms with Gasteiger partial charge in [0.2, 0.25) is 5.88 Å². The molecule has 1 atom stereocenters. The zero-order valence-corrected chi connectivity index (χ0v) is 14.3. The van der Waals surface area contributed by atoms with Gasteiger partial charge in [-0.15, -0.1) is 0 Å². The molecule has 1 aromatic rings. The normalized spacial score (nSPS) is 21.1. The lowest BCUT2D eigenvalue weighted by atomic mass is 10.1. The van der Waals surface area contributed by atoms with Crippen LogP contribution in [0.2, 0.25) is 0 Å². The molecule has 1 saturated heterocycles. The maximum absolute atomic E-state index is 12.4. The van der Waals surface area contributed by atoms with Crippen LogP contribution in [0, 0.1) is 6.92 Å². The molecule has 0 spiro atoms. The Morgan fingerprint density at radius 1 is 1.45 bits per heavy atom. The van der Waals surface area contributed by atoms with Crippen molar-refractivity contribution in [3.05, 3.63) is 17.8 Å². The van der Waals surface area contributed by atoms with Crippen LogP contribution < -0.4 is 10.1 Å². The highest BCUT2D eigenvalue weighted by Gasteiger charge is 2.31. The predicted octanol–water partition coefficient (Wildman–Crippen LogP) is 2.16. The Labute approximate surface area is 133 Å². The summed E-state index contributed by atoms with van der Waals surface area (Å²) in [6.45, 7) is 6.95. The second-order valence-corrected chi connectivity index (χ2v) is 8.25. The molecule has 0 aromatic carbocycles. The van der Waals surface area contributed by atoms with Crippen LogP contribution in [0.1, 0.15) is 25.8 Å². The van der Waals surface area contributed by atoms with Crippen LogP contribution >= 0.6 is 0 Å². The lowest BCUT2D eigenvalue weighted by molar-refractivity contribution is 0.214. The fraction of sp³-hybridized carbons (Fsp3) is 0.600. The van der Waals surface area contributed by atoms with E-state index in [2.05, 4.69) is 10.3 Å². The summed E-state index contributed by atoms with van der Waals surface area (Å²) in [5, 5.41) is 2.84. The number of methoxy groups -OCH3 is 1. The summed E-state index contributed by atoms with van der Waals surface area (Å²) in [5.74, 6) is 0.890. The molecule has 1 aliphatic rings. The molecule has 2 rings (SSSR count). The molecule has 2 heterocycles. The van der Waals surface area contributed by atoms with E-state index in [1.54, 1.807) is 11.1 Å². The van der Waals surface area contributed by atoms with E-state index in [-0.39, 0.29) is 10.8 Å². The predicted molar refractivity (Wildman–Crippen MR) is 87.8 cm³/mol. The zero-order chi connectivity index (χ0) is 16.3. The Morgan fingerprint density at radius 3 is 2.86 bits per heavy atom. The van der Waals surface area contributed by atoms with E-state index in [1.807, 2.05) is 26.8 Å². The summed E-state index contributed by atoms with van der Waals surface area (Å²) in [5.41, 5.74) is 1.49. The molecular weight excluding hydrogens is 302 g/mol. The van der Waals surface area contributed by atoms with Gasteiger partial charge in [-0.1, -0.05) is 0 Å². The molecule has 0 saturated carbocycles. The van der Waals surface area contributed by atoms with Gasteiger partial charge >= 0.3 is 6.03 Å². The van der Waals surface area contributed by atoms with Gasteiger partial charge in [-0.2, -0.15) is 0 Å². The van der Waals surface area contributed by atoms with Crippen LogP contribution in [0.25, 0.3) is 0 Å². The second kappa shape index (κ2) is 6.64. The molecule has 22 heavy (non-hydrogen) atoms. The summed E-state index contributed by atoms with van der Waals surface area (Å²) < 4.78 is 17.0. The molecule has 0 aliphatic carbocycles. The summed E-state index contributed by atoms with van der Waals surface area (Å²) in [4.78, 5) is 18.3. The van der Waals surface area contributed by atoms with E-state index in [9.17, 15) is 9.00 Å². The highest BCUT2D eigenvalue weighted by atomic mass is 32.2. The SMILES string of the molecule is COc1ncc(C)cc1NC(=O)N1CCS(=O)C(C)(C)CC1. The van der Waals surface area contributed by atoms with Crippen molar-refractivity contribution in [2.24, 2.45) is 0 Å². The topological polar surface area (TPSA) is 71.5 Å². The fourth-order valence-corrected chi connectivity index (χ4v) is 3.56. The lowest BCUT2D eigenvalue weighted by Gasteiger charge is -2.23. The molecule has 7 heteroatoms. The summed E-state index contributed by atoms with van der Waals surface area (Å²) in [6.07, 6.45) is 2.41. The number of nitrogens with one attached hydrogen (secondary N) is 1. The number of hydrogen-bond donors (Lipinski definition) is 1. The number of ether oxygens (including phenoxy) is 1. The van der Waals surface area contributed by atoms with Gasteiger partial charge in [-0.05, 0) is 38.8 Å². The second-order valence-electron chi connectivity index (χ2n) is 6.05. The third-order valence-corrected chi connectivity index (χ3v) is 5.85. The largest absolute Gasteiger partial charge is 0.480 e. The van der Waals surface area contributed by atoms with Gasteiger partial charge in [0, 0.05) is 40.6 Å². The van der Waals surface area contributed by atoms with Crippen molar-refractivity contribution in [2.75, 3.05) is 31.3 Å². The van der Waals surface area contributed by atoms with Gasteiger partial charge in [0.25, 0.3) is 0 Å². The van der Waals surface area contributed by atoms with E-state index >= 15 is 0 Å². The van der Waals surface area contributed by atoms with E-state index in [0.29, 0.717) is 30.4 Å². The molecule has 1 unspecified atom stereocenters. The number of aryl methyl sites for hydroxylation is 1. The van der Waals surface area contributed by atoms with Gasteiger partial charge < -0.3 is 15.0 Å². The van der Waals surface area contributed by atoms with E-state index in [0.717, 1.165) is 12.0 Å². The maximum atomic E-state index is 12.4. The molecule has 1 N–H and O–H groups in total. The highest BCUT2D eigenvalue weighted by molar-refractivity contribution is 7.86. The maximum Gasteiger partial charge on any atom is 0.322 e. The van der Waals surface area contributed by atoms with Crippen LogP contribution in [0.4, 0.5) is 10.5 Å². The molecule has 2 amide bonds. The fourth-order valence-electron chi connectivity index (χ4n) is 2.31. The van der Waals surface area contributed by atoms with Gasteiger partial charge in [0.05, 0.1) is 7.11 Å². The van der Waals surface area contributed by atoms with Crippen LogP contribution in [-0.4, -0.2) is 50.8 Å². The number of carbonyl (C=O) groups is 1. The van der Waals surface area contributed by atoms with Crippen molar-refractivity contribution >= 4 is 22.5 Å². The van der Waals surface area contributed by atoms with Crippen LogP contribution in [0.15, 0.2) is 12.3 Å². The van der Waals surface area contributed by atoms with Crippen molar-refractivity contribution < 1.29 is 13.7 Å². The molecule has 122 valence electrons. The average Bonchev–Trinajstić information content (AvgIpc) is 2.59. The summed E-state index contributed by atoms with van der Waals surface area (Å²) >= 11 is 0. The van der Waals surface area contributed by atoms with E-state index < -0.39 is 10.8 Å². The first kappa shape index (κ1) is 16.7. The molecule has 6 nitrogen and oxygen atoms in total. The standard InChI is InChI=1S/C15H23N3O3S/c1-11-9-12(13(21-4)16-10-11)17-14(19)18-6-5-15(2,3)22(20)8-7-18/h9-10H,5-8H2,1-4H3,(H,17,19). The van der Waals surface area contributed by atoms with Gasteiger partial charge in [0.15, 0.2) is 0 Å². The van der Waals surface area contributed by atoms with Gasteiger partial charge in [-0.25, -0.2) is 9.78 Å². The molecule has 1 aromatic heterocycles. The molecule has 1 fully saturated rings. The number of rotatable bonds is 2. The van der Waals surface area contributed by atoms with Gasteiger partial charge in [0.1, 0.15) is 5.69 Å². The molecule has 0 bridgehead atoms. The number of aromatic nitrogens is 1. The first-order valence-corrected chi connectivity index (χ1v) is 8.60. The lowest BCUT2D eigenvalue weighted by Crippen LogP contribution is -2.37. The average molecular weight is 325 g/mol. The Hall–Kier alpha value is -1.63. The Balaban J connectivity index is 2.10. The van der Waals surface area contributed by atoms with Crippen molar-refractivity contribution in [2.45, 2.75) is 31.9 Å². The quantitative estimate of drug-likeness (QED) is 0.904. The number of amides is 2. The summed E-state index contributed by atoms with van der Waals surface area (Å²) in [7, 11) is 0.599. The van der Waals surface area contributed by atoms with Crippen LogP contribution in [0.5, 0.6) is 5.88 Å². The van der Waals surface area contributed by atoms with Crippen LogP contribution in [0.3, 0.4) is 0 Å². The highest BCUT2D eigenvalue weighted by Crippen LogP contribution is 2.24. The minimum atomic E-state index is -0.920. The summed E-state index contributed by atoms with van der Waals surface area (Å²) in [6, 6.07) is 1.62. The van der Waals surface area contributed by atoms with Crippen molar-refractivity contribution in [3.8, 4) is 5.88 Å². The number of carbonyl (C=O) groups excluding carboxylic acids is 1. The third kappa shape index (κ3) is 3.76. The first-order chi connectivity index (χ1) is 10.3. The molecule has 1 aliphatic heterocycles. The monoisotopic (exact) mass is 325 g/mol. The van der Waals surface area contributed by atoms with E-state index in [4.69, 9.17) is 4.74 Å². The minimum absolute atomic E-state index is 0.208. The van der Waals surface area contributed by atoms with Gasteiger partial charge in [-0.3, -0.25) is 4.21 Å². The minimum Gasteiger partial charge on any atom is -0.480 e. The van der Waals surface area contributed by atoms with Crippen molar-refractivity contribution in [3.63, 3.8) is 0 Å². The molecule has 0 radical (unpaired) electrons. The van der Waals surface area contributed by atoms with Crippen molar-refractivity contribution in [1.82, 2.24) is 9.88 Å². The number of pyridine rings is 1. The Morgan fingerprint density at radius 2 is 2.18 bits per heavy atom.